The van der Waals surface area contributed by atoms with Crippen molar-refractivity contribution in [3.8, 4) is 0 Å². The first-order valence-electron chi connectivity index (χ1n) is 6.48. The third-order valence-electron chi connectivity index (χ3n) is 3.29. The van der Waals surface area contributed by atoms with Crippen molar-refractivity contribution in [3.63, 3.8) is 0 Å². The maximum Gasteiger partial charge on any atom is 0.224 e. The maximum absolute atomic E-state index is 12.7. The maximum atomic E-state index is 12.7. The summed E-state index contributed by atoms with van der Waals surface area (Å²) in [6.45, 7) is 2.41. The van der Waals surface area contributed by atoms with Gasteiger partial charge in [-0.2, -0.15) is 0 Å². The van der Waals surface area contributed by atoms with Crippen molar-refractivity contribution < 1.29 is 9.18 Å². The zero-order valence-corrected chi connectivity index (χ0v) is 10.4. The highest BCUT2D eigenvalue weighted by Crippen LogP contribution is 2.09. The van der Waals surface area contributed by atoms with Gasteiger partial charge in [-0.15, -0.1) is 0 Å². The lowest BCUT2D eigenvalue weighted by molar-refractivity contribution is -0.125. The lowest BCUT2D eigenvalue weighted by atomic mass is 9.99. The van der Waals surface area contributed by atoms with Crippen LogP contribution in [0.3, 0.4) is 0 Å². The van der Waals surface area contributed by atoms with Crippen molar-refractivity contribution >= 4 is 5.91 Å². The minimum atomic E-state index is -0.226. The van der Waals surface area contributed by atoms with Crippen LogP contribution in [0.2, 0.25) is 0 Å². The van der Waals surface area contributed by atoms with E-state index in [0.29, 0.717) is 6.54 Å². The lowest BCUT2D eigenvalue weighted by Crippen LogP contribution is -2.41. The van der Waals surface area contributed by atoms with Gasteiger partial charge in [0.1, 0.15) is 5.82 Å². The standard InChI is InChI=1S/C14H19FN2O/c15-13-5-3-11(4-6-13)7-9-17-14(18)12-2-1-8-16-10-12/h3-6,12,16H,1-2,7-10H2,(H,17,18)/t12-/m1/s1. The highest BCUT2D eigenvalue weighted by Gasteiger charge is 2.19. The van der Waals surface area contributed by atoms with Crippen LogP contribution in [0.15, 0.2) is 24.3 Å². The second kappa shape index (κ2) is 6.50. The van der Waals surface area contributed by atoms with E-state index >= 15 is 0 Å². The molecule has 0 bridgehead atoms. The summed E-state index contributed by atoms with van der Waals surface area (Å²) in [4.78, 5) is 11.8. The van der Waals surface area contributed by atoms with Crippen molar-refractivity contribution in [1.29, 1.82) is 0 Å². The summed E-state index contributed by atoms with van der Waals surface area (Å²) in [5.41, 5.74) is 1.04. The molecule has 1 amide bonds. The molecule has 0 radical (unpaired) electrons. The first-order valence-corrected chi connectivity index (χ1v) is 6.48. The van der Waals surface area contributed by atoms with E-state index in [1.165, 1.54) is 12.1 Å². The predicted octanol–water partition coefficient (Wildman–Crippen LogP) is 1.48. The van der Waals surface area contributed by atoms with Gasteiger partial charge in [0.05, 0.1) is 5.92 Å². The topological polar surface area (TPSA) is 41.1 Å². The molecule has 1 aromatic carbocycles. The molecule has 98 valence electrons. The molecule has 1 aliphatic heterocycles. The van der Waals surface area contributed by atoms with Crippen molar-refractivity contribution in [2.45, 2.75) is 19.3 Å². The average Bonchev–Trinajstić information content (AvgIpc) is 2.42. The number of halogens is 1. The molecule has 0 aliphatic carbocycles. The van der Waals surface area contributed by atoms with Crippen LogP contribution in [0, 0.1) is 11.7 Å². The predicted molar refractivity (Wildman–Crippen MR) is 68.7 cm³/mol. The zero-order chi connectivity index (χ0) is 12.8. The molecule has 1 saturated heterocycles. The number of piperidine rings is 1. The first-order chi connectivity index (χ1) is 8.75. The Morgan fingerprint density at radius 2 is 2.17 bits per heavy atom. The van der Waals surface area contributed by atoms with E-state index < -0.39 is 0 Å². The smallest absolute Gasteiger partial charge is 0.224 e. The molecular formula is C14H19FN2O. The third kappa shape index (κ3) is 3.81. The highest BCUT2D eigenvalue weighted by atomic mass is 19.1. The van der Waals surface area contributed by atoms with Gasteiger partial charge in [-0.1, -0.05) is 12.1 Å². The van der Waals surface area contributed by atoms with Crippen molar-refractivity contribution in [2.24, 2.45) is 5.92 Å². The fraction of sp³-hybridized carbons (Fsp3) is 0.500. The summed E-state index contributed by atoms with van der Waals surface area (Å²) in [5.74, 6) is 0.00680. The Morgan fingerprint density at radius 3 is 2.83 bits per heavy atom. The molecule has 4 heteroatoms. The number of hydrogen-bond donors (Lipinski definition) is 2. The van der Waals surface area contributed by atoms with E-state index in [0.717, 1.165) is 37.9 Å². The first kappa shape index (κ1) is 13.0. The largest absolute Gasteiger partial charge is 0.355 e. The Kier molecular flexibility index (Phi) is 4.70. The highest BCUT2D eigenvalue weighted by molar-refractivity contribution is 5.78. The van der Waals surface area contributed by atoms with E-state index in [-0.39, 0.29) is 17.6 Å². The van der Waals surface area contributed by atoms with Gasteiger partial charge in [0.25, 0.3) is 0 Å². The summed E-state index contributed by atoms with van der Waals surface area (Å²) in [6, 6.07) is 6.40. The number of amides is 1. The fourth-order valence-corrected chi connectivity index (χ4v) is 2.20. The minimum absolute atomic E-state index is 0.104. The molecule has 2 rings (SSSR count). The lowest BCUT2D eigenvalue weighted by Gasteiger charge is -2.21. The summed E-state index contributed by atoms with van der Waals surface area (Å²) in [6.07, 6.45) is 2.78. The average molecular weight is 250 g/mol. The van der Waals surface area contributed by atoms with Crippen LogP contribution in [-0.4, -0.2) is 25.5 Å². The van der Waals surface area contributed by atoms with Crippen LogP contribution >= 0.6 is 0 Å². The molecule has 0 unspecified atom stereocenters. The molecule has 0 spiro atoms. The second-order valence-electron chi connectivity index (χ2n) is 4.71. The molecule has 1 aliphatic rings. The van der Waals surface area contributed by atoms with E-state index in [9.17, 15) is 9.18 Å². The van der Waals surface area contributed by atoms with E-state index in [1.807, 2.05) is 0 Å². The van der Waals surface area contributed by atoms with Gasteiger partial charge < -0.3 is 10.6 Å². The van der Waals surface area contributed by atoms with Crippen LogP contribution in [0.1, 0.15) is 18.4 Å². The Bertz CT molecular complexity index is 385. The zero-order valence-electron chi connectivity index (χ0n) is 10.4. The van der Waals surface area contributed by atoms with E-state index in [4.69, 9.17) is 0 Å². The molecule has 0 aromatic heterocycles. The van der Waals surface area contributed by atoms with E-state index in [2.05, 4.69) is 10.6 Å². The molecule has 1 fully saturated rings. The Balaban J connectivity index is 1.71. The number of benzene rings is 1. The van der Waals surface area contributed by atoms with Crippen LogP contribution in [0.25, 0.3) is 0 Å². The molecule has 1 aromatic rings. The molecular weight excluding hydrogens is 231 g/mol. The van der Waals surface area contributed by atoms with Gasteiger partial charge in [-0.25, -0.2) is 4.39 Å². The van der Waals surface area contributed by atoms with Crippen LogP contribution in [0.5, 0.6) is 0 Å². The van der Waals surface area contributed by atoms with Gasteiger partial charge in [0, 0.05) is 13.1 Å². The molecule has 1 heterocycles. The van der Waals surface area contributed by atoms with Gasteiger partial charge in [0.15, 0.2) is 0 Å². The summed E-state index contributed by atoms with van der Waals surface area (Å²) >= 11 is 0. The number of hydrogen-bond acceptors (Lipinski definition) is 2. The molecule has 18 heavy (non-hydrogen) atoms. The molecule has 3 nitrogen and oxygen atoms in total. The quantitative estimate of drug-likeness (QED) is 0.850. The van der Waals surface area contributed by atoms with Gasteiger partial charge in [-0.05, 0) is 43.5 Å². The summed E-state index contributed by atoms with van der Waals surface area (Å²) in [7, 11) is 0. The minimum Gasteiger partial charge on any atom is -0.355 e. The summed E-state index contributed by atoms with van der Waals surface area (Å²) in [5, 5.41) is 6.17. The molecule has 2 N–H and O–H groups in total. The number of rotatable bonds is 4. The summed E-state index contributed by atoms with van der Waals surface area (Å²) < 4.78 is 12.7. The third-order valence-corrected chi connectivity index (χ3v) is 3.29. The Hall–Kier alpha value is -1.42. The molecule has 0 saturated carbocycles. The number of carbonyl (C=O) groups is 1. The normalized spacial score (nSPS) is 19.5. The van der Waals surface area contributed by atoms with Crippen molar-refractivity contribution in [3.05, 3.63) is 35.6 Å². The number of nitrogens with one attached hydrogen (secondary N) is 2. The van der Waals surface area contributed by atoms with Crippen LogP contribution < -0.4 is 10.6 Å². The Morgan fingerprint density at radius 1 is 1.39 bits per heavy atom. The van der Waals surface area contributed by atoms with Crippen LogP contribution in [-0.2, 0) is 11.2 Å². The van der Waals surface area contributed by atoms with Crippen LogP contribution in [0.4, 0.5) is 4.39 Å². The fourth-order valence-electron chi connectivity index (χ4n) is 2.20. The molecule has 1 atom stereocenters. The monoisotopic (exact) mass is 250 g/mol. The van der Waals surface area contributed by atoms with Gasteiger partial charge in [0.2, 0.25) is 5.91 Å². The number of carbonyl (C=O) groups excluding carboxylic acids is 1. The van der Waals surface area contributed by atoms with Gasteiger partial charge >= 0.3 is 0 Å². The SMILES string of the molecule is O=C(NCCc1ccc(F)cc1)[C@@H]1CCCNC1. The Labute approximate surface area is 107 Å². The van der Waals surface area contributed by atoms with Crippen molar-refractivity contribution in [2.75, 3.05) is 19.6 Å². The second-order valence-corrected chi connectivity index (χ2v) is 4.71. The van der Waals surface area contributed by atoms with Gasteiger partial charge in [-0.3, -0.25) is 4.79 Å². The van der Waals surface area contributed by atoms with Crippen molar-refractivity contribution in [1.82, 2.24) is 10.6 Å². The van der Waals surface area contributed by atoms with E-state index in [1.54, 1.807) is 12.1 Å².